The van der Waals surface area contributed by atoms with Crippen LogP contribution in [0.2, 0.25) is 5.02 Å². The molecule has 0 amide bonds. The summed E-state index contributed by atoms with van der Waals surface area (Å²) in [6.45, 7) is 5.12. The highest BCUT2D eigenvalue weighted by Gasteiger charge is 2.12. The fourth-order valence-corrected chi connectivity index (χ4v) is 3.25. The molecule has 2 aromatic rings. The van der Waals surface area contributed by atoms with E-state index in [0.29, 0.717) is 6.04 Å². The first-order chi connectivity index (χ1) is 9.70. The molecule has 0 aliphatic rings. The summed E-state index contributed by atoms with van der Waals surface area (Å²) in [5.41, 5.74) is 2.38. The first kappa shape index (κ1) is 15.4. The summed E-state index contributed by atoms with van der Waals surface area (Å²) < 4.78 is 0. The summed E-state index contributed by atoms with van der Waals surface area (Å²) in [5.74, 6) is 0.997. The van der Waals surface area contributed by atoms with E-state index in [1.54, 1.807) is 0 Å². The third-order valence-corrected chi connectivity index (χ3v) is 4.72. The number of hydrogen-bond donors (Lipinski definition) is 1. The van der Waals surface area contributed by atoms with Crippen molar-refractivity contribution >= 4 is 23.4 Å². The van der Waals surface area contributed by atoms with Crippen molar-refractivity contribution < 1.29 is 0 Å². The number of nitrogens with one attached hydrogen (secondary N) is 1. The largest absolute Gasteiger partial charge is 0.309 e. The van der Waals surface area contributed by atoms with Crippen LogP contribution in [-0.2, 0) is 0 Å². The standard InChI is InChI=1S/C17H20ClNS/c1-3-19-17(12-20-15-7-5-4-6-8-15)14-10-9-13(2)16(18)11-14/h4-11,17,19H,3,12H2,1-2H3. The van der Waals surface area contributed by atoms with Crippen LogP contribution < -0.4 is 5.32 Å². The number of benzene rings is 2. The Morgan fingerprint density at radius 2 is 1.90 bits per heavy atom. The molecule has 2 aromatic carbocycles. The zero-order chi connectivity index (χ0) is 14.4. The second-order valence-electron chi connectivity index (χ2n) is 4.74. The van der Waals surface area contributed by atoms with Crippen molar-refractivity contribution in [2.75, 3.05) is 12.3 Å². The van der Waals surface area contributed by atoms with E-state index in [2.05, 4.69) is 54.7 Å². The Bertz CT molecular complexity index is 542. The van der Waals surface area contributed by atoms with E-state index in [0.717, 1.165) is 22.9 Å². The van der Waals surface area contributed by atoms with Gasteiger partial charge in [0, 0.05) is 21.7 Å². The van der Waals surface area contributed by atoms with Gasteiger partial charge in [0.2, 0.25) is 0 Å². The van der Waals surface area contributed by atoms with Crippen LogP contribution in [0.5, 0.6) is 0 Å². The Hall–Kier alpha value is -0.960. The smallest absolute Gasteiger partial charge is 0.0438 e. The quantitative estimate of drug-likeness (QED) is 0.746. The molecule has 1 N–H and O–H groups in total. The van der Waals surface area contributed by atoms with Crippen molar-refractivity contribution in [3.05, 3.63) is 64.7 Å². The van der Waals surface area contributed by atoms with Gasteiger partial charge in [-0.15, -0.1) is 11.8 Å². The van der Waals surface area contributed by atoms with Crippen molar-refractivity contribution in [2.24, 2.45) is 0 Å². The SMILES string of the molecule is CCNC(CSc1ccccc1)c1ccc(C)c(Cl)c1. The lowest BCUT2D eigenvalue weighted by atomic mass is 10.1. The normalized spacial score (nSPS) is 12.3. The molecule has 1 unspecified atom stereocenters. The molecular weight excluding hydrogens is 286 g/mol. The van der Waals surface area contributed by atoms with Crippen LogP contribution in [0.15, 0.2) is 53.4 Å². The third kappa shape index (κ3) is 4.27. The van der Waals surface area contributed by atoms with Crippen LogP contribution in [0.1, 0.15) is 24.1 Å². The summed E-state index contributed by atoms with van der Waals surface area (Å²) in [7, 11) is 0. The number of thioether (sulfide) groups is 1. The van der Waals surface area contributed by atoms with Crippen molar-refractivity contribution in [2.45, 2.75) is 24.8 Å². The summed E-state index contributed by atoms with van der Waals surface area (Å²) in [6, 6.07) is 17.2. The molecule has 3 heteroatoms. The lowest BCUT2D eigenvalue weighted by Gasteiger charge is -2.19. The highest BCUT2D eigenvalue weighted by molar-refractivity contribution is 7.99. The van der Waals surface area contributed by atoms with Gasteiger partial charge in [0.15, 0.2) is 0 Å². The van der Waals surface area contributed by atoms with Crippen LogP contribution in [-0.4, -0.2) is 12.3 Å². The molecule has 0 heterocycles. The average molecular weight is 306 g/mol. The predicted molar refractivity (Wildman–Crippen MR) is 89.8 cm³/mol. The van der Waals surface area contributed by atoms with Crippen molar-refractivity contribution in [1.29, 1.82) is 0 Å². The topological polar surface area (TPSA) is 12.0 Å². The number of halogens is 1. The molecular formula is C17H20ClNS. The summed E-state index contributed by atoms with van der Waals surface area (Å²) in [5, 5.41) is 4.38. The lowest BCUT2D eigenvalue weighted by Crippen LogP contribution is -2.23. The van der Waals surface area contributed by atoms with E-state index in [9.17, 15) is 0 Å². The zero-order valence-corrected chi connectivity index (χ0v) is 13.5. The van der Waals surface area contributed by atoms with Crippen molar-refractivity contribution in [1.82, 2.24) is 5.32 Å². The van der Waals surface area contributed by atoms with Crippen LogP contribution in [0, 0.1) is 6.92 Å². The van der Waals surface area contributed by atoms with Gasteiger partial charge >= 0.3 is 0 Å². The Morgan fingerprint density at radius 1 is 1.15 bits per heavy atom. The Balaban J connectivity index is 2.08. The van der Waals surface area contributed by atoms with Gasteiger partial charge in [-0.2, -0.15) is 0 Å². The maximum Gasteiger partial charge on any atom is 0.0438 e. The number of rotatable bonds is 6. The van der Waals surface area contributed by atoms with Crippen LogP contribution in [0.3, 0.4) is 0 Å². The highest BCUT2D eigenvalue weighted by atomic mass is 35.5. The van der Waals surface area contributed by atoms with Crippen molar-refractivity contribution in [3.8, 4) is 0 Å². The van der Waals surface area contributed by atoms with Gasteiger partial charge in [-0.25, -0.2) is 0 Å². The van der Waals surface area contributed by atoms with Crippen LogP contribution >= 0.6 is 23.4 Å². The summed E-state index contributed by atoms with van der Waals surface area (Å²) in [6.07, 6.45) is 0. The molecule has 0 aliphatic carbocycles. The molecule has 2 rings (SSSR count). The molecule has 1 atom stereocenters. The van der Waals surface area contributed by atoms with E-state index in [1.165, 1.54) is 10.5 Å². The van der Waals surface area contributed by atoms with Crippen LogP contribution in [0.25, 0.3) is 0 Å². The Labute approximate surface area is 130 Å². The molecule has 0 saturated carbocycles. The monoisotopic (exact) mass is 305 g/mol. The fourth-order valence-electron chi connectivity index (χ4n) is 2.04. The van der Waals surface area contributed by atoms with Gasteiger partial charge in [-0.1, -0.05) is 48.9 Å². The number of aryl methyl sites for hydroxylation is 1. The third-order valence-electron chi connectivity index (χ3n) is 3.21. The molecule has 20 heavy (non-hydrogen) atoms. The molecule has 0 saturated heterocycles. The zero-order valence-electron chi connectivity index (χ0n) is 11.9. The van der Waals surface area contributed by atoms with Gasteiger partial charge in [-0.3, -0.25) is 0 Å². The maximum atomic E-state index is 6.24. The second kappa shape index (κ2) is 7.72. The van der Waals surface area contributed by atoms with E-state index >= 15 is 0 Å². The van der Waals surface area contributed by atoms with Gasteiger partial charge < -0.3 is 5.32 Å². The second-order valence-corrected chi connectivity index (χ2v) is 6.24. The van der Waals surface area contributed by atoms with E-state index in [-0.39, 0.29) is 0 Å². The molecule has 106 valence electrons. The molecule has 0 bridgehead atoms. The van der Waals surface area contributed by atoms with Gasteiger partial charge in [0.05, 0.1) is 0 Å². The highest BCUT2D eigenvalue weighted by Crippen LogP contribution is 2.27. The van der Waals surface area contributed by atoms with E-state index < -0.39 is 0 Å². The molecule has 0 fully saturated rings. The molecule has 0 aromatic heterocycles. The van der Waals surface area contributed by atoms with Gasteiger partial charge in [0.25, 0.3) is 0 Å². The van der Waals surface area contributed by atoms with E-state index in [4.69, 9.17) is 11.6 Å². The lowest BCUT2D eigenvalue weighted by molar-refractivity contribution is 0.606. The molecule has 0 aliphatic heterocycles. The van der Waals surface area contributed by atoms with E-state index in [1.807, 2.05) is 24.8 Å². The average Bonchev–Trinajstić information content (AvgIpc) is 2.47. The van der Waals surface area contributed by atoms with Crippen molar-refractivity contribution in [3.63, 3.8) is 0 Å². The minimum absolute atomic E-state index is 0.323. The Morgan fingerprint density at radius 3 is 2.55 bits per heavy atom. The minimum atomic E-state index is 0.323. The summed E-state index contributed by atoms with van der Waals surface area (Å²) in [4.78, 5) is 1.30. The molecule has 0 spiro atoms. The van der Waals surface area contributed by atoms with Gasteiger partial charge in [-0.05, 0) is 42.8 Å². The Kier molecular flexibility index (Phi) is 5.96. The number of hydrogen-bond acceptors (Lipinski definition) is 2. The molecule has 1 nitrogen and oxygen atoms in total. The van der Waals surface area contributed by atoms with Gasteiger partial charge in [0.1, 0.15) is 0 Å². The minimum Gasteiger partial charge on any atom is -0.309 e. The summed E-state index contributed by atoms with van der Waals surface area (Å²) >= 11 is 8.11. The fraction of sp³-hybridized carbons (Fsp3) is 0.294. The first-order valence-corrected chi connectivity index (χ1v) is 8.24. The molecule has 0 radical (unpaired) electrons. The maximum absolute atomic E-state index is 6.24. The predicted octanol–water partition coefficient (Wildman–Crippen LogP) is 5.09. The first-order valence-electron chi connectivity index (χ1n) is 6.88. The van der Waals surface area contributed by atoms with Crippen LogP contribution in [0.4, 0.5) is 0 Å².